The molecule has 6 N–H and O–H groups in total. The average Bonchev–Trinajstić information content (AvgIpc) is 0.959. The minimum atomic E-state index is -1.58. The van der Waals surface area contributed by atoms with Gasteiger partial charge < -0.3 is 45.1 Å². The maximum atomic E-state index is 13.0. The van der Waals surface area contributed by atoms with Crippen LogP contribution in [0.1, 0.15) is 380 Å². The second-order valence-electron chi connectivity index (χ2n) is 27.4. The summed E-state index contributed by atoms with van der Waals surface area (Å²) < 4.78 is 16.7. The fourth-order valence-corrected chi connectivity index (χ4v) is 12.5. The summed E-state index contributed by atoms with van der Waals surface area (Å²) in [6, 6.07) is -0.832. The number of aliphatic hydroxyl groups excluding tert-OH is 5. The third kappa shape index (κ3) is 57.6. The van der Waals surface area contributed by atoms with Crippen LogP contribution in [0.25, 0.3) is 0 Å². The van der Waals surface area contributed by atoms with Crippen molar-refractivity contribution in [2.75, 3.05) is 19.8 Å². The molecule has 1 aliphatic heterocycles. The first-order valence-electron chi connectivity index (χ1n) is 39.6. The number of unbranched alkanes of at least 4 members (excludes halogenated alkanes) is 48. The normalized spacial score (nSPS) is 17.8. The first-order chi connectivity index (χ1) is 45.2. The highest BCUT2D eigenvalue weighted by molar-refractivity contribution is 5.76. The lowest BCUT2D eigenvalue weighted by Crippen LogP contribution is -2.60. The Morgan fingerprint density at radius 2 is 0.772 bits per heavy atom. The Morgan fingerprint density at radius 3 is 1.18 bits per heavy atom. The summed E-state index contributed by atoms with van der Waals surface area (Å²) in [5, 5.41) is 54.3. The largest absolute Gasteiger partial charge is 0.466 e. The minimum absolute atomic E-state index is 0.0175. The SMILES string of the molecule is CC/C=C/CC/C=C/CC/C=C/C(O)C(COC1OC(CO)C(O)C(O)C1O)NC(=O)CCCCCCCCCCCCCCCCCCC/C=C\C/C=C\CCCCCCCCCCCCCCCCCOC(=O)CCCCCCCCCCCCCCCCC. The van der Waals surface area contributed by atoms with Crippen LogP contribution in [0.5, 0.6) is 0 Å². The highest BCUT2D eigenvalue weighted by Crippen LogP contribution is 2.24. The summed E-state index contributed by atoms with van der Waals surface area (Å²) in [5.74, 6) is -0.177. The van der Waals surface area contributed by atoms with Gasteiger partial charge >= 0.3 is 5.97 Å². The van der Waals surface area contributed by atoms with Gasteiger partial charge in [-0.05, 0) is 83.5 Å². The van der Waals surface area contributed by atoms with Crippen molar-refractivity contribution in [3.8, 4) is 0 Å². The zero-order valence-corrected chi connectivity index (χ0v) is 60.0. The highest BCUT2D eigenvalue weighted by atomic mass is 16.7. The van der Waals surface area contributed by atoms with Crippen LogP contribution in [0.4, 0.5) is 0 Å². The lowest BCUT2D eigenvalue weighted by molar-refractivity contribution is -0.302. The number of carbonyl (C=O) groups excluding carboxylic acids is 2. The van der Waals surface area contributed by atoms with Crippen molar-refractivity contribution in [1.82, 2.24) is 5.32 Å². The van der Waals surface area contributed by atoms with Crippen LogP contribution in [0.3, 0.4) is 0 Å². The molecule has 1 rings (SSSR count). The average molecular weight is 1300 g/mol. The topological polar surface area (TPSA) is 175 Å². The van der Waals surface area contributed by atoms with Crippen molar-refractivity contribution in [2.24, 2.45) is 0 Å². The fraction of sp³-hybridized carbons (Fsp3) is 0.852. The maximum Gasteiger partial charge on any atom is 0.305 e. The Morgan fingerprint density at radius 1 is 0.413 bits per heavy atom. The smallest absolute Gasteiger partial charge is 0.305 e. The molecule has 1 amide bonds. The number of aliphatic hydroxyl groups is 5. The molecule has 538 valence electrons. The minimum Gasteiger partial charge on any atom is -0.466 e. The van der Waals surface area contributed by atoms with E-state index in [1.54, 1.807) is 6.08 Å². The molecule has 0 aromatic heterocycles. The van der Waals surface area contributed by atoms with Crippen molar-refractivity contribution in [3.05, 3.63) is 60.8 Å². The van der Waals surface area contributed by atoms with Gasteiger partial charge in [0.1, 0.15) is 24.4 Å². The molecule has 0 aliphatic carbocycles. The Labute approximate surface area is 567 Å². The van der Waals surface area contributed by atoms with Gasteiger partial charge in [0.05, 0.1) is 32.0 Å². The van der Waals surface area contributed by atoms with E-state index in [4.69, 9.17) is 14.2 Å². The summed E-state index contributed by atoms with van der Waals surface area (Å²) in [6.07, 6.45) is 84.3. The molecule has 0 saturated carbocycles. The first-order valence-corrected chi connectivity index (χ1v) is 39.6. The Bertz CT molecular complexity index is 1710. The van der Waals surface area contributed by atoms with Crippen molar-refractivity contribution in [1.29, 1.82) is 0 Å². The van der Waals surface area contributed by atoms with Gasteiger partial charge in [-0.3, -0.25) is 9.59 Å². The van der Waals surface area contributed by atoms with Crippen LogP contribution in [0.15, 0.2) is 60.8 Å². The molecule has 0 spiro atoms. The summed E-state index contributed by atoms with van der Waals surface area (Å²) in [7, 11) is 0. The van der Waals surface area contributed by atoms with Gasteiger partial charge in [0.25, 0.3) is 0 Å². The van der Waals surface area contributed by atoms with Crippen LogP contribution in [0.2, 0.25) is 0 Å². The molecular formula is C81H149NO10. The van der Waals surface area contributed by atoms with E-state index < -0.39 is 49.5 Å². The predicted molar refractivity (Wildman–Crippen MR) is 389 cm³/mol. The molecule has 92 heavy (non-hydrogen) atoms. The number of rotatable bonds is 70. The van der Waals surface area contributed by atoms with E-state index in [2.05, 4.69) is 67.8 Å². The van der Waals surface area contributed by atoms with Crippen LogP contribution in [-0.2, 0) is 23.8 Å². The first kappa shape index (κ1) is 87.4. The van der Waals surface area contributed by atoms with Gasteiger partial charge in [-0.25, -0.2) is 0 Å². The molecule has 1 saturated heterocycles. The van der Waals surface area contributed by atoms with E-state index in [1.807, 2.05) is 6.08 Å². The molecule has 0 aromatic carbocycles. The number of allylic oxidation sites excluding steroid dienone is 9. The third-order valence-electron chi connectivity index (χ3n) is 18.6. The molecule has 1 fully saturated rings. The van der Waals surface area contributed by atoms with E-state index in [-0.39, 0.29) is 18.5 Å². The van der Waals surface area contributed by atoms with Gasteiger partial charge in [-0.2, -0.15) is 0 Å². The van der Waals surface area contributed by atoms with E-state index >= 15 is 0 Å². The number of ether oxygens (including phenoxy) is 3. The molecule has 0 radical (unpaired) electrons. The fourth-order valence-electron chi connectivity index (χ4n) is 12.5. The second kappa shape index (κ2) is 69.7. The third-order valence-corrected chi connectivity index (χ3v) is 18.6. The van der Waals surface area contributed by atoms with E-state index in [1.165, 1.54) is 283 Å². The van der Waals surface area contributed by atoms with E-state index in [9.17, 15) is 35.1 Å². The maximum absolute atomic E-state index is 13.0. The standard InChI is InChI=1S/C81H149NO10/c1-3-5-7-9-11-13-15-16-42-46-49-53-57-61-65-69-77(86)90-70-66-62-58-54-50-47-44-41-39-37-35-33-31-29-27-25-23-21-19-17-18-20-22-24-26-28-30-32-34-36-38-40-43-45-48-52-56-60-64-68-76(85)82-73(72-91-81-80(89)79(88)78(87)75(71-83)92-81)74(84)67-63-59-55-51-14-12-10-8-6-4-2/h6,8,14,17-18,21,23,51,63,67,73-75,78-81,83-84,87-89H,3-5,7,9-13,15-16,19-20,22,24-50,52-62,64-66,68-72H2,1-2H3,(H,82,85)/b8-6+,18-17-,23-21-,51-14+,67-63+. The lowest BCUT2D eigenvalue weighted by atomic mass is 9.99. The number of nitrogens with one attached hydrogen (secondary N) is 1. The molecule has 7 unspecified atom stereocenters. The lowest BCUT2D eigenvalue weighted by Gasteiger charge is -2.40. The number of amides is 1. The predicted octanol–water partition coefficient (Wildman–Crippen LogP) is 21.2. The van der Waals surface area contributed by atoms with Crippen LogP contribution in [0, 0.1) is 0 Å². The number of esters is 1. The van der Waals surface area contributed by atoms with Crippen molar-refractivity contribution in [3.63, 3.8) is 0 Å². The Kier molecular flexibility index (Phi) is 66.2. The summed E-state index contributed by atoms with van der Waals surface area (Å²) >= 11 is 0. The summed E-state index contributed by atoms with van der Waals surface area (Å²) in [4.78, 5) is 25.1. The number of carbonyl (C=O) groups is 2. The molecule has 11 heteroatoms. The zero-order valence-electron chi connectivity index (χ0n) is 60.0. The summed E-state index contributed by atoms with van der Waals surface area (Å²) in [5.41, 5.74) is 0. The van der Waals surface area contributed by atoms with Gasteiger partial charge in [-0.15, -0.1) is 0 Å². The number of hydrogen-bond donors (Lipinski definition) is 6. The molecule has 7 atom stereocenters. The monoisotopic (exact) mass is 1300 g/mol. The van der Waals surface area contributed by atoms with Gasteiger partial charge in [-0.1, -0.05) is 344 Å². The molecule has 0 aromatic rings. The van der Waals surface area contributed by atoms with E-state index in [0.29, 0.717) is 19.4 Å². The summed E-state index contributed by atoms with van der Waals surface area (Å²) in [6.45, 7) is 4.24. The second-order valence-corrected chi connectivity index (χ2v) is 27.4. The molecule has 0 bridgehead atoms. The van der Waals surface area contributed by atoms with Crippen LogP contribution < -0.4 is 5.32 Å². The number of hydrogen-bond acceptors (Lipinski definition) is 10. The highest BCUT2D eigenvalue weighted by Gasteiger charge is 2.44. The Hall–Kier alpha value is -2.64. The molecular weight excluding hydrogens is 1150 g/mol. The van der Waals surface area contributed by atoms with Crippen LogP contribution in [-0.4, -0.2) is 100 Å². The van der Waals surface area contributed by atoms with Crippen molar-refractivity contribution in [2.45, 2.75) is 423 Å². The molecule has 1 heterocycles. The molecule has 11 nitrogen and oxygen atoms in total. The van der Waals surface area contributed by atoms with E-state index in [0.717, 1.165) is 70.6 Å². The quantitative estimate of drug-likeness (QED) is 0.0195. The van der Waals surface area contributed by atoms with Crippen molar-refractivity contribution >= 4 is 11.9 Å². The van der Waals surface area contributed by atoms with Gasteiger partial charge in [0.15, 0.2) is 6.29 Å². The molecule has 1 aliphatic rings. The van der Waals surface area contributed by atoms with Gasteiger partial charge in [0.2, 0.25) is 5.91 Å². The van der Waals surface area contributed by atoms with Gasteiger partial charge in [0, 0.05) is 12.8 Å². The van der Waals surface area contributed by atoms with Crippen molar-refractivity contribution < 1.29 is 49.3 Å². The Balaban J connectivity index is 1.88. The van der Waals surface area contributed by atoms with Crippen LogP contribution >= 0.6 is 0 Å². The zero-order chi connectivity index (χ0) is 66.5.